The molecule has 3 aromatic rings. The summed E-state index contributed by atoms with van der Waals surface area (Å²) in [5, 5.41) is 8.86. The average molecular weight is 334 g/mol. The van der Waals surface area contributed by atoms with E-state index < -0.39 is 0 Å². The lowest BCUT2D eigenvalue weighted by atomic mass is 10.1. The van der Waals surface area contributed by atoms with Crippen molar-refractivity contribution in [1.82, 2.24) is 15.1 Å². The van der Waals surface area contributed by atoms with Crippen LogP contribution in [0.25, 0.3) is 11.0 Å². The summed E-state index contributed by atoms with van der Waals surface area (Å²) in [4.78, 5) is 0. The van der Waals surface area contributed by atoms with Crippen molar-refractivity contribution in [2.75, 3.05) is 6.54 Å². The zero-order valence-electron chi connectivity index (χ0n) is 11.4. The Morgan fingerprint density at radius 1 is 1.40 bits per heavy atom. The fourth-order valence-corrected chi connectivity index (χ4v) is 3.00. The first kappa shape index (κ1) is 13.4. The number of aromatic nitrogens is 2. The Morgan fingerprint density at radius 3 is 2.85 bits per heavy atom. The van der Waals surface area contributed by atoms with E-state index >= 15 is 0 Å². The third-order valence-corrected chi connectivity index (χ3v) is 3.96. The summed E-state index contributed by atoms with van der Waals surface area (Å²) < 4.78 is 8.84. The van der Waals surface area contributed by atoms with Crippen LogP contribution in [0, 0.1) is 0 Å². The summed E-state index contributed by atoms with van der Waals surface area (Å²) in [6, 6.07) is 10.1. The molecule has 0 amide bonds. The molecule has 1 unspecified atom stereocenters. The summed E-state index contributed by atoms with van der Waals surface area (Å²) in [6.45, 7) is 2.93. The fourth-order valence-electron chi connectivity index (χ4n) is 2.43. The lowest BCUT2D eigenvalue weighted by molar-refractivity contribution is 0.458. The molecule has 5 heteroatoms. The molecule has 0 aliphatic rings. The highest BCUT2D eigenvalue weighted by Gasteiger charge is 2.23. The highest BCUT2D eigenvalue weighted by molar-refractivity contribution is 9.10. The highest BCUT2D eigenvalue weighted by Crippen LogP contribution is 2.31. The number of para-hydroxylation sites is 1. The van der Waals surface area contributed by atoms with E-state index in [-0.39, 0.29) is 6.04 Å². The van der Waals surface area contributed by atoms with Crippen LogP contribution in [-0.2, 0) is 7.05 Å². The summed E-state index contributed by atoms with van der Waals surface area (Å²) in [5.41, 5.74) is 1.97. The third-order valence-electron chi connectivity index (χ3n) is 3.35. The molecule has 1 aromatic carbocycles. The number of rotatable bonds is 4. The van der Waals surface area contributed by atoms with Gasteiger partial charge >= 0.3 is 0 Å². The van der Waals surface area contributed by atoms with Gasteiger partial charge in [-0.25, -0.2) is 0 Å². The van der Waals surface area contributed by atoms with Crippen LogP contribution in [0.4, 0.5) is 0 Å². The number of nitrogens with one attached hydrogen (secondary N) is 1. The Kier molecular flexibility index (Phi) is 3.63. The SMILES string of the molecule is CCNC(c1cc2ccccc2o1)c1c(Br)cnn1C. The van der Waals surface area contributed by atoms with Crippen LogP contribution in [0.1, 0.15) is 24.4 Å². The van der Waals surface area contributed by atoms with Crippen molar-refractivity contribution in [3.05, 3.63) is 52.5 Å². The van der Waals surface area contributed by atoms with Gasteiger partial charge in [-0.1, -0.05) is 25.1 Å². The van der Waals surface area contributed by atoms with Crippen molar-refractivity contribution in [3.63, 3.8) is 0 Å². The van der Waals surface area contributed by atoms with Gasteiger partial charge in [0.15, 0.2) is 0 Å². The number of aryl methyl sites for hydroxylation is 1. The molecular formula is C15H16BrN3O. The zero-order valence-corrected chi connectivity index (χ0v) is 13.0. The van der Waals surface area contributed by atoms with Gasteiger partial charge in [-0.15, -0.1) is 0 Å². The maximum atomic E-state index is 5.99. The van der Waals surface area contributed by atoms with E-state index in [1.165, 1.54) is 0 Å². The summed E-state index contributed by atoms with van der Waals surface area (Å²) in [7, 11) is 1.94. The third kappa shape index (κ3) is 2.27. The van der Waals surface area contributed by atoms with Gasteiger partial charge in [0, 0.05) is 12.4 Å². The van der Waals surface area contributed by atoms with E-state index in [1.807, 2.05) is 36.1 Å². The predicted molar refractivity (Wildman–Crippen MR) is 82.6 cm³/mol. The van der Waals surface area contributed by atoms with Crippen LogP contribution >= 0.6 is 15.9 Å². The molecule has 0 aliphatic carbocycles. The van der Waals surface area contributed by atoms with Gasteiger partial charge in [0.2, 0.25) is 0 Å². The van der Waals surface area contributed by atoms with Crippen molar-refractivity contribution in [2.24, 2.45) is 7.05 Å². The number of nitrogens with zero attached hydrogens (tertiary/aromatic N) is 2. The first-order valence-corrected chi connectivity index (χ1v) is 7.39. The lowest BCUT2D eigenvalue weighted by Crippen LogP contribution is -2.24. The molecule has 104 valence electrons. The Balaban J connectivity index is 2.10. The minimum atomic E-state index is -0.0192. The molecule has 1 N–H and O–H groups in total. The van der Waals surface area contributed by atoms with Crippen LogP contribution in [0.3, 0.4) is 0 Å². The van der Waals surface area contributed by atoms with Crippen molar-refractivity contribution in [1.29, 1.82) is 0 Å². The second-order valence-electron chi connectivity index (χ2n) is 4.68. The van der Waals surface area contributed by atoms with Crippen molar-refractivity contribution in [2.45, 2.75) is 13.0 Å². The van der Waals surface area contributed by atoms with Gasteiger partial charge in [0.05, 0.1) is 16.4 Å². The van der Waals surface area contributed by atoms with E-state index in [0.717, 1.165) is 33.4 Å². The van der Waals surface area contributed by atoms with E-state index in [0.29, 0.717) is 0 Å². The standard InChI is InChI=1S/C15H16BrN3O/c1-3-17-14(15-11(16)9-18-19(15)2)13-8-10-6-4-5-7-12(10)20-13/h4-9,14,17H,3H2,1-2H3. The predicted octanol–water partition coefficient (Wildman–Crippen LogP) is 3.63. The molecule has 4 nitrogen and oxygen atoms in total. The maximum Gasteiger partial charge on any atom is 0.134 e. The van der Waals surface area contributed by atoms with Crippen LogP contribution in [0.5, 0.6) is 0 Å². The smallest absolute Gasteiger partial charge is 0.134 e. The van der Waals surface area contributed by atoms with Crippen LogP contribution < -0.4 is 5.32 Å². The fraction of sp³-hybridized carbons (Fsp3) is 0.267. The number of hydrogen-bond donors (Lipinski definition) is 1. The molecule has 1 atom stereocenters. The van der Waals surface area contributed by atoms with Gasteiger partial charge in [0.25, 0.3) is 0 Å². The van der Waals surface area contributed by atoms with Crippen LogP contribution in [-0.4, -0.2) is 16.3 Å². The monoisotopic (exact) mass is 333 g/mol. The first-order valence-electron chi connectivity index (χ1n) is 6.60. The van der Waals surface area contributed by atoms with Gasteiger partial charge < -0.3 is 9.73 Å². The Morgan fingerprint density at radius 2 is 2.20 bits per heavy atom. The molecule has 0 spiro atoms. The van der Waals surface area contributed by atoms with Gasteiger partial charge in [0.1, 0.15) is 17.4 Å². The van der Waals surface area contributed by atoms with E-state index in [1.54, 1.807) is 0 Å². The van der Waals surface area contributed by atoms with Gasteiger partial charge in [-0.05, 0) is 34.6 Å². The topological polar surface area (TPSA) is 43.0 Å². The number of hydrogen-bond acceptors (Lipinski definition) is 3. The number of benzene rings is 1. The summed E-state index contributed by atoms with van der Waals surface area (Å²) >= 11 is 3.56. The molecule has 3 rings (SSSR count). The molecule has 0 radical (unpaired) electrons. The van der Waals surface area contributed by atoms with E-state index in [9.17, 15) is 0 Å². The zero-order chi connectivity index (χ0) is 14.1. The minimum Gasteiger partial charge on any atom is -0.459 e. The van der Waals surface area contributed by atoms with E-state index in [4.69, 9.17) is 4.42 Å². The highest BCUT2D eigenvalue weighted by atomic mass is 79.9. The summed E-state index contributed by atoms with van der Waals surface area (Å²) in [5.74, 6) is 0.900. The minimum absolute atomic E-state index is 0.0192. The number of fused-ring (bicyclic) bond motifs is 1. The van der Waals surface area contributed by atoms with Crippen LogP contribution in [0.15, 0.2) is 45.4 Å². The van der Waals surface area contributed by atoms with Crippen LogP contribution in [0.2, 0.25) is 0 Å². The van der Waals surface area contributed by atoms with Crippen molar-refractivity contribution < 1.29 is 4.42 Å². The van der Waals surface area contributed by atoms with Crippen molar-refractivity contribution >= 4 is 26.9 Å². The lowest BCUT2D eigenvalue weighted by Gasteiger charge is -2.16. The molecule has 0 saturated heterocycles. The Hall–Kier alpha value is -1.59. The van der Waals surface area contributed by atoms with Crippen molar-refractivity contribution in [3.8, 4) is 0 Å². The molecule has 2 heterocycles. The molecule has 2 aromatic heterocycles. The quantitative estimate of drug-likeness (QED) is 0.792. The van der Waals surface area contributed by atoms with Gasteiger partial charge in [-0.2, -0.15) is 5.10 Å². The molecule has 20 heavy (non-hydrogen) atoms. The average Bonchev–Trinajstić information content (AvgIpc) is 3.01. The number of halogens is 1. The molecule has 0 fully saturated rings. The summed E-state index contributed by atoms with van der Waals surface area (Å²) in [6.07, 6.45) is 1.81. The second kappa shape index (κ2) is 5.42. The molecule has 0 saturated carbocycles. The normalized spacial score (nSPS) is 12.9. The number of furan rings is 1. The molecular weight excluding hydrogens is 318 g/mol. The molecule has 0 bridgehead atoms. The maximum absolute atomic E-state index is 5.99. The largest absolute Gasteiger partial charge is 0.459 e. The second-order valence-corrected chi connectivity index (χ2v) is 5.53. The Labute approximate surface area is 125 Å². The first-order chi connectivity index (χ1) is 9.70. The van der Waals surface area contributed by atoms with E-state index in [2.05, 4.69) is 45.4 Å². The Bertz CT molecular complexity index is 679. The molecule has 0 aliphatic heterocycles. The van der Waals surface area contributed by atoms with Gasteiger partial charge in [-0.3, -0.25) is 4.68 Å².